The van der Waals surface area contributed by atoms with Gasteiger partial charge in [0.2, 0.25) is 5.91 Å². The minimum Gasteiger partial charge on any atom is -0.497 e. The summed E-state index contributed by atoms with van der Waals surface area (Å²) < 4.78 is 5.09. The summed E-state index contributed by atoms with van der Waals surface area (Å²) in [5, 5.41) is 3.47. The van der Waals surface area contributed by atoms with E-state index in [2.05, 4.69) is 5.32 Å². The molecule has 1 fully saturated rings. The summed E-state index contributed by atoms with van der Waals surface area (Å²) in [6.45, 7) is 1.96. The Kier molecular flexibility index (Phi) is 5.17. The second-order valence-electron chi connectivity index (χ2n) is 5.13. The van der Waals surface area contributed by atoms with Gasteiger partial charge in [-0.1, -0.05) is 12.8 Å². The first-order chi connectivity index (χ1) is 9.60. The van der Waals surface area contributed by atoms with Crippen LogP contribution < -0.4 is 15.8 Å². The van der Waals surface area contributed by atoms with Gasteiger partial charge in [-0.2, -0.15) is 0 Å². The Bertz CT molecular complexity index is 473. The Morgan fingerprint density at radius 1 is 1.45 bits per heavy atom. The van der Waals surface area contributed by atoms with Gasteiger partial charge in [0.25, 0.3) is 0 Å². The van der Waals surface area contributed by atoms with Gasteiger partial charge in [0.1, 0.15) is 5.75 Å². The molecule has 1 unspecified atom stereocenters. The van der Waals surface area contributed by atoms with E-state index in [9.17, 15) is 4.79 Å². The van der Waals surface area contributed by atoms with Crippen LogP contribution in [-0.4, -0.2) is 23.5 Å². The van der Waals surface area contributed by atoms with Crippen molar-refractivity contribution in [1.82, 2.24) is 0 Å². The number of thioether (sulfide) groups is 1. The Labute approximate surface area is 124 Å². The molecule has 110 valence electrons. The number of hydrogen-bond donors (Lipinski definition) is 2. The highest BCUT2D eigenvalue weighted by Crippen LogP contribution is 2.33. The fraction of sp³-hybridized carbons (Fsp3) is 0.533. The Balaban J connectivity index is 1.92. The molecule has 1 aliphatic carbocycles. The second kappa shape index (κ2) is 6.88. The summed E-state index contributed by atoms with van der Waals surface area (Å²) in [7, 11) is 1.59. The second-order valence-corrected chi connectivity index (χ2v) is 6.77. The van der Waals surface area contributed by atoms with Crippen LogP contribution in [0.3, 0.4) is 0 Å². The van der Waals surface area contributed by atoms with Crippen molar-refractivity contribution in [3.63, 3.8) is 0 Å². The summed E-state index contributed by atoms with van der Waals surface area (Å²) in [5.74, 6) is 0.702. The Morgan fingerprint density at radius 2 is 2.15 bits per heavy atom. The summed E-state index contributed by atoms with van der Waals surface area (Å²) in [6.07, 6.45) is 5.04. The maximum absolute atomic E-state index is 12.2. The molecule has 1 aliphatic rings. The zero-order chi connectivity index (χ0) is 14.5. The number of nitrogens with two attached hydrogens (primary N) is 1. The lowest BCUT2D eigenvalue weighted by atomic mass is 10.2. The molecule has 1 atom stereocenters. The summed E-state index contributed by atoms with van der Waals surface area (Å²) in [5.41, 5.74) is 7.08. The molecule has 0 bridgehead atoms. The molecule has 0 aromatic heterocycles. The van der Waals surface area contributed by atoms with Crippen LogP contribution in [0.25, 0.3) is 0 Å². The fourth-order valence-corrected chi connectivity index (χ4v) is 3.76. The standard InChI is InChI=1S/C15H22N2O2S/c1-10(20-12-5-3-4-6-12)15(18)17-14-8-7-11(19-2)9-13(14)16/h7-10,12H,3-6,16H2,1-2H3,(H,17,18). The van der Waals surface area contributed by atoms with Gasteiger partial charge < -0.3 is 15.8 Å². The topological polar surface area (TPSA) is 64.3 Å². The number of nitrogens with one attached hydrogen (secondary N) is 1. The summed E-state index contributed by atoms with van der Waals surface area (Å²) in [6, 6.07) is 5.28. The number of amides is 1. The Hall–Kier alpha value is -1.36. The highest BCUT2D eigenvalue weighted by Gasteiger charge is 2.22. The average molecular weight is 294 g/mol. The number of ether oxygens (including phenoxy) is 1. The van der Waals surface area contributed by atoms with E-state index in [4.69, 9.17) is 10.5 Å². The van der Waals surface area contributed by atoms with Gasteiger partial charge >= 0.3 is 0 Å². The number of anilines is 2. The van der Waals surface area contributed by atoms with E-state index in [0.717, 1.165) is 0 Å². The number of nitrogen functional groups attached to an aromatic ring is 1. The van der Waals surface area contributed by atoms with E-state index in [-0.39, 0.29) is 11.2 Å². The maximum Gasteiger partial charge on any atom is 0.237 e. The molecule has 1 aromatic rings. The molecule has 4 nitrogen and oxygen atoms in total. The molecular formula is C15H22N2O2S. The van der Waals surface area contributed by atoms with Crippen LogP contribution in [0.1, 0.15) is 32.6 Å². The van der Waals surface area contributed by atoms with Crippen molar-refractivity contribution >= 4 is 29.0 Å². The first kappa shape index (κ1) is 15.0. The smallest absolute Gasteiger partial charge is 0.237 e. The van der Waals surface area contributed by atoms with Crippen LogP contribution in [0.4, 0.5) is 11.4 Å². The van der Waals surface area contributed by atoms with Gasteiger partial charge in [-0.3, -0.25) is 4.79 Å². The van der Waals surface area contributed by atoms with Crippen molar-refractivity contribution in [3.05, 3.63) is 18.2 Å². The van der Waals surface area contributed by atoms with E-state index in [1.807, 2.05) is 6.92 Å². The predicted octanol–water partition coefficient (Wildman–Crippen LogP) is 3.28. The number of methoxy groups -OCH3 is 1. The quantitative estimate of drug-likeness (QED) is 0.818. The molecule has 0 spiro atoms. The molecule has 0 radical (unpaired) electrons. The van der Waals surface area contributed by atoms with E-state index in [0.29, 0.717) is 22.4 Å². The van der Waals surface area contributed by atoms with Crippen LogP contribution in [0.2, 0.25) is 0 Å². The van der Waals surface area contributed by atoms with Crippen LogP contribution >= 0.6 is 11.8 Å². The van der Waals surface area contributed by atoms with Crippen molar-refractivity contribution in [2.24, 2.45) is 0 Å². The number of carbonyl (C=O) groups is 1. The monoisotopic (exact) mass is 294 g/mol. The van der Waals surface area contributed by atoms with Crippen LogP contribution in [-0.2, 0) is 4.79 Å². The van der Waals surface area contributed by atoms with Gasteiger partial charge in [-0.05, 0) is 31.9 Å². The van der Waals surface area contributed by atoms with Crippen molar-refractivity contribution in [2.45, 2.75) is 43.1 Å². The minimum absolute atomic E-state index is 0.0127. The summed E-state index contributed by atoms with van der Waals surface area (Å²) in [4.78, 5) is 12.2. The fourth-order valence-electron chi connectivity index (χ4n) is 2.39. The third-order valence-corrected chi connectivity index (χ3v) is 5.06. The van der Waals surface area contributed by atoms with Crippen molar-refractivity contribution in [2.75, 3.05) is 18.2 Å². The van der Waals surface area contributed by atoms with Gasteiger partial charge in [-0.25, -0.2) is 0 Å². The van der Waals surface area contributed by atoms with Crippen molar-refractivity contribution in [1.29, 1.82) is 0 Å². The molecule has 0 aliphatic heterocycles. The minimum atomic E-state index is -0.0559. The highest BCUT2D eigenvalue weighted by atomic mass is 32.2. The number of carbonyl (C=O) groups excluding carboxylic acids is 1. The average Bonchev–Trinajstić information content (AvgIpc) is 2.93. The number of benzene rings is 1. The zero-order valence-electron chi connectivity index (χ0n) is 12.0. The third-order valence-electron chi connectivity index (χ3n) is 3.58. The molecule has 5 heteroatoms. The molecule has 3 N–H and O–H groups in total. The first-order valence-electron chi connectivity index (χ1n) is 7.00. The lowest BCUT2D eigenvalue weighted by molar-refractivity contribution is -0.115. The number of hydrogen-bond acceptors (Lipinski definition) is 4. The van der Waals surface area contributed by atoms with E-state index in [1.165, 1.54) is 25.7 Å². The van der Waals surface area contributed by atoms with Gasteiger partial charge in [0, 0.05) is 11.3 Å². The highest BCUT2D eigenvalue weighted by molar-refractivity contribution is 8.01. The van der Waals surface area contributed by atoms with Crippen molar-refractivity contribution in [3.8, 4) is 5.75 Å². The van der Waals surface area contributed by atoms with Crippen LogP contribution in [0.5, 0.6) is 5.75 Å². The normalized spacial score (nSPS) is 16.9. The van der Waals surface area contributed by atoms with Crippen molar-refractivity contribution < 1.29 is 9.53 Å². The van der Waals surface area contributed by atoms with Gasteiger partial charge in [0.05, 0.1) is 23.7 Å². The van der Waals surface area contributed by atoms with E-state index in [1.54, 1.807) is 37.1 Å². The molecule has 1 aromatic carbocycles. The zero-order valence-corrected chi connectivity index (χ0v) is 12.8. The molecule has 0 saturated heterocycles. The largest absolute Gasteiger partial charge is 0.497 e. The first-order valence-corrected chi connectivity index (χ1v) is 7.94. The van der Waals surface area contributed by atoms with Gasteiger partial charge in [-0.15, -0.1) is 11.8 Å². The molecule has 1 saturated carbocycles. The molecule has 1 amide bonds. The van der Waals surface area contributed by atoms with E-state index < -0.39 is 0 Å². The van der Waals surface area contributed by atoms with Crippen LogP contribution in [0.15, 0.2) is 18.2 Å². The molecular weight excluding hydrogens is 272 g/mol. The molecule has 2 rings (SSSR count). The van der Waals surface area contributed by atoms with Gasteiger partial charge in [0.15, 0.2) is 0 Å². The number of rotatable bonds is 5. The lowest BCUT2D eigenvalue weighted by Gasteiger charge is -2.17. The third kappa shape index (κ3) is 3.82. The SMILES string of the molecule is COc1ccc(NC(=O)C(C)SC2CCCC2)c(N)c1. The maximum atomic E-state index is 12.2. The Morgan fingerprint density at radius 3 is 2.75 bits per heavy atom. The molecule has 20 heavy (non-hydrogen) atoms. The molecule has 0 heterocycles. The predicted molar refractivity (Wildman–Crippen MR) is 85.3 cm³/mol. The van der Waals surface area contributed by atoms with E-state index >= 15 is 0 Å². The lowest BCUT2D eigenvalue weighted by Crippen LogP contribution is -2.24. The van der Waals surface area contributed by atoms with Crippen LogP contribution in [0, 0.1) is 0 Å². The summed E-state index contributed by atoms with van der Waals surface area (Å²) >= 11 is 1.77.